The minimum absolute atomic E-state index is 0.204. The summed E-state index contributed by atoms with van der Waals surface area (Å²) < 4.78 is 20.8. The van der Waals surface area contributed by atoms with Crippen molar-refractivity contribution in [1.82, 2.24) is 4.98 Å². The van der Waals surface area contributed by atoms with E-state index in [4.69, 9.17) is 18.9 Å². The number of ether oxygens (including phenoxy) is 4. The number of hydrogen-bond donors (Lipinski definition) is 1. The summed E-state index contributed by atoms with van der Waals surface area (Å²) in [6.07, 6.45) is 3.80. The molecule has 0 spiro atoms. The zero-order valence-corrected chi connectivity index (χ0v) is 18.4. The number of rotatable bonds is 10. The lowest BCUT2D eigenvalue weighted by Gasteiger charge is -2.11. The zero-order chi connectivity index (χ0) is 23.0. The van der Waals surface area contributed by atoms with E-state index in [2.05, 4.69) is 4.98 Å². The number of allylic oxidation sites excluding steroid dienone is 1. The van der Waals surface area contributed by atoms with Crippen molar-refractivity contribution in [2.24, 2.45) is 0 Å². The first kappa shape index (κ1) is 23.7. The molecule has 8 nitrogen and oxygen atoms in total. The Kier molecular flexibility index (Phi) is 8.43. The standard InChI is InChI=1S/C23H27NO7/c1-6-8-16-9-10-18(19(11-16)28-5)30-13-20(26)31-12-17(25)22-14(3)21(15(4)24-22)23(27)29-7-2/h6,8-11,24H,7,12-13H2,1-5H3. The van der Waals surface area contributed by atoms with Crippen LogP contribution in [0.4, 0.5) is 0 Å². The first-order valence-electron chi connectivity index (χ1n) is 9.80. The molecule has 1 aromatic heterocycles. The van der Waals surface area contributed by atoms with E-state index in [1.807, 2.05) is 25.1 Å². The molecule has 1 heterocycles. The van der Waals surface area contributed by atoms with E-state index in [1.54, 1.807) is 32.9 Å². The number of aryl methyl sites for hydroxylation is 1. The van der Waals surface area contributed by atoms with Crippen molar-refractivity contribution in [3.63, 3.8) is 0 Å². The van der Waals surface area contributed by atoms with Gasteiger partial charge in [0.15, 0.2) is 24.7 Å². The van der Waals surface area contributed by atoms with Crippen molar-refractivity contribution in [3.05, 3.63) is 52.4 Å². The summed E-state index contributed by atoms with van der Waals surface area (Å²) in [4.78, 5) is 39.4. The van der Waals surface area contributed by atoms with Gasteiger partial charge in [0.05, 0.1) is 25.0 Å². The van der Waals surface area contributed by atoms with E-state index in [9.17, 15) is 14.4 Å². The molecule has 0 aliphatic carbocycles. The fraction of sp³-hybridized carbons (Fsp3) is 0.348. The van der Waals surface area contributed by atoms with Crippen LogP contribution < -0.4 is 9.47 Å². The van der Waals surface area contributed by atoms with Crippen molar-refractivity contribution < 1.29 is 33.3 Å². The number of nitrogens with one attached hydrogen (secondary N) is 1. The van der Waals surface area contributed by atoms with E-state index in [0.717, 1.165) is 5.56 Å². The number of ketones is 1. The number of H-pyrrole nitrogens is 1. The van der Waals surface area contributed by atoms with Gasteiger partial charge in [-0.25, -0.2) is 9.59 Å². The number of benzene rings is 1. The number of esters is 2. The van der Waals surface area contributed by atoms with Gasteiger partial charge >= 0.3 is 11.9 Å². The molecule has 0 amide bonds. The molecule has 0 fully saturated rings. The van der Waals surface area contributed by atoms with Gasteiger partial charge in [0.25, 0.3) is 0 Å². The van der Waals surface area contributed by atoms with Crippen LogP contribution in [0, 0.1) is 13.8 Å². The lowest BCUT2D eigenvalue weighted by atomic mass is 10.1. The molecule has 1 aromatic carbocycles. The average molecular weight is 429 g/mol. The second-order valence-electron chi connectivity index (χ2n) is 6.63. The number of carbonyl (C=O) groups is 3. The second kappa shape index (κ2) is 11.0. The Morgan fingerprint density at radius 2 is 1.81 bits per heavy atom. The number of Topliss-reactive ketones (excluding diaryl/α,β-unsaturated/α-hetero) is 1. The summed E-state index contributed by atoms with van der Waals surface area (Å²) >= 11 is 0. The third-order valence-corrected chi connectivity index (χ3v) is 4.45. The SMILES string of the molecule is CC=Cc1ccc(OCC(=O)OCC(=O)c2[nH]c(C)c(C(=O)OCC)c2C)c(OC)c1. The summed E-state index contributed by atoms with van der Waals surface area (Å²) in [5, 5.41) is 0. The van der Waals surface area contributed by atoms with Crippen LogP contribution in [0.3, 0.4) is 0 Å². The molecule has 0 aliphatic rings. The lowest BCUT2D eigenvalue weighted by molar-refractivity contribution is -0.144. The predicted molar refractivity (Wildman–Crippen MR) is 115 cm³/mol. The van der Waals surface area contributed by atoms with Crippen molar-refractivity contribution in [2.75, 3.05) is 26.9 Å². The van der Waals surface area contributed by atoms with Gasteiger partial charge in [-0.05, 0) is 51.0 Å². The Bertz CT molecular complexity index is 988. The quantitative estimate of drug-likeness (QED) is 0.454. The number of aromatic amines is 1. The number of hydrogen-bond acceptors (Lipinski definition) is 7. The van der Waals surface area contributed by atoms with E-state index >= 15 is 0 Å². The number of aromatic nitrogens is 1. The molecular formula is C23H27NO7. The second-order valence-corrected chi connectivity index (χ2v) is 6.63. The number of methoxy groups -OCH3 is 1. The highest BCUT2D eigenvalue weighted by molar-refractivity contribution is 6.02. The molecule has 0 aliphatic heterocycles. The molecule has 2 rings (SSSR count). The largest absolute Gasteiger partial charge is 0.493 e. The van der Waals surface area contributed by atoms with Crippen LogP contribution in [0.5, 0.6) is 11.5 Å². The molecule has 0 radical (unpaired) electrons. The van der Waals surface area contributed by atoms with Crippen molar-refractivity contribution >= 4 is 23.8 Å². The highest BCUT2D eigenvalue weighted by Gasteiger charge is 2.23. The fourth-order valence-corrected chi connectivity index (χ4v) is 3.03. The Labute approximate surface area is 181 Å². The monoisotopic (exact) mass is 429 g/mol. The normalized spacial score (nSPS) is 10.7. The van der Waals surface area contributed by atoms with Gasteiger partial charge in [-0.1, -0.05) is 18.2 Å². The minimum Gasteiger partial charge on any atom is -0.493 e. The smallest absolute Gasteiger partial charge is 0.344 e. The zero-order valence-electron chi connectivity index (χ0n) is 18.4. The molecular weight excluding hydrogens is 402 g/mol. The molecule has 31 heavy (non-hydrogen) atoms. The maximum absolute atomic E-state index is 12.5. The Hall–Kier alpha value is -3.55. The van der Waals surface area contributed by atoms with Gasteiger partial charge in [-0.3, -0.25) is 4.79 Å². The molecule has 0 atom stereocenters. The molecule has 1 N–H and O–H groups in total. The van der Waals surface area contributed by atoms with Crippen LogP contribution in [0.25, 0.3) is 6.08 Å². The maximum Gasteiger partial charge on any atom is 0.344 e. The molecule has 0 bridgehead atoms. The first-order valence-corrected chi connectivity index (χ1v) is 9.80. The van der Waals surface area contributed by atoms with E-state index in [0.29, 0.717) is 28.3 Å². The van der Waals surface area contributed by atoms with Gasteiger partial charge in [0, 0.05) is 5.69 Å². The van der Waals surface area contributed by atoms with Gasteiger partial charge < -0.3 is 23.9 Å². The van der Waals surface area contributed by atoms with Crippen LogP contribution >= 0.6 is 0 Å². The highest BCUT2D eigenvalue weighted by atomic mass is 16.6. The molecule has 0 unspecified atom stereocenters. The van der Waals surface area contributed by atoms with Crippen LogP contribution in [-0.2, 0) is 14.3 Å². The summed E-state index contributed by atoms with van der Waals surface area (Å²) in [6.45, 7) is 6.28. The summed E-state index contributed by atoms with van der Waals surface area (Å²) in [5.74, 6) is -0.817. The fourth-order valence-electron chi connectivity index (χ4n) is 3.03. The van der Waals surface area contributed by atoms with Gasteiger partial charge in [0.2, 0.25) is 5.78 Å². The number of carbonyl (C=O) groups excluding carboxylic acids is 3. The molecule has 166 valence electrons. The molecule has 0 saturated carbocycles. The highest BCUT2D eigenvalue weighted by Crippen LogP contribution is 2.28. The van der Waals surface area contributed by atoms with Crippen LogP contribution in [0.15, 0.2) is 24.3 Å². The third kappa shape index (κ3) is 5.97. The lowest BCUT2D eigenvalue weighted by Crippen LogP contribution is -2.20. The summed E-state index contributed by atoms with van der Waals surface area (Å²) in [7, 11) is 1.50. The Balaban J connectivity index is 1.96. The van der Waals surface area contributed by atoms with Crippen molar-refractivity contribution in [3.8, 4) is 11.5 Å². The van der Waals surface area contributed by atoms with E-state index < -0.39 is 24.3 Å². The van der Waals surface area contributed by atoms with Gasteiger partial charge in [0.1, 0.15) is 0 Å². The van der Waals surface area contributed by atoms with Crippen LogP contribution in [0.1, 0.15) is 51.5 Å². The van der Waals surface area contributed by atoms with Gasteiger partial charge in [-0.15, -0.1) is 0 Å². The van der Waals surface area contributed by atoms with Crippen LogP contribution in [0.2, 0.25) is 0 Å². The van der Waals surface area contributed by atoms with Crippen LogP contribution in [-0.4, -0.2) is 49.6 Å². The van der Waals surface area contributed by atoms with E-state index in [1.165, 1.54) is 7.11 Å². The maximum atomic E-state index is 12.5. The summed E-state index contributed by atoms with van der Waals surface area (Å²) in [5.41, 5.74) is 2.42. The van der Waals surface area contributed by atoms with Crippen molar-refractivity contribution in [2.45, 2.75) is 27.7 Å². The first-order chi connectivity index (χ1) is 14.8. The van der Waals surface area contributed by atoms with Crippen molar-refractivity contribution in [1.29, 1.82) is 0 Å². The average Bonchev–Trinajstić information content (AvgIpc) is 3.05. The van der Waals surface area contributed by atoms with E-state index in [-0.39, 0.29) is 18.9 Å². The molecule has 0 saturated heterocycles. The topological polar surface area (TPSA) is 104 Å². The van der Waals surface area contributed by atoms with Gasteiger partial charge in [-0.2, -0.15) is 0 Å². The summed E-state index contributed by atoms with van der Waals surface area (Å²) in [6, 6.07) is 5.29. The molecule has 8 heteroatoms. The third-order valence-electron chi connectivity index (χ3n) is 4.45. The minimum atomic E-state index is -0.709. The molecule has 2 aromatic rings. The Morgan fingerprint density at radius 3 is 2.45 bits per heavy atom. The predicted octanol–water partition coefficient (Wildman–Crippen LogP) is 3.65. The Morgan fingerprint density at radius 1 is 1.06 bits per heavy atom.